The van der Waals surface area contributed by atoms with Crippen molar-refractivity contribution in [3.63, 3.8) is 0 Å². The summed E-state index contributed by atoms with van der Waals surface area (Å²) >= 11 is 0. The molecule has 0 unspecified atom stereocenters. The van der Waals surface area contributed by atoms with Gasteiger partial charge < -0.3 is 14.8 Å². The number of nitrogens with one attached hydrogen (secondary N) is 1. The molecular weight excluding hydrogens is 212 g/mol. The summed E-state index contributed by atoms with van der Waals surface area (Å²) in [6.07, 6.45) is 0.917. The van der Waals surface area contributed by atoms with E-state index in [1.54, 1.807) is 13.8 Å². The van der Waals surface area contributed by atoms with Gasteiger partial charge in [-0.15, -0.1) is 0 Å². The Balaban J connectivity index is 2.15. The summed E-state index contributed by atoms with van der Waals surface area (Å²) in [7, 11) is 0. The van der Waals surface area contributed by atoms with Crippen LogP contribution in [0.15, 0.2) is 4.42 Å². The highest BCUT2D eigenvalue weighted by molar-refractivity contribution is 5.97. The third kappa shape index (κ3) is 1.66. The van der Waals surface area contributed by atoms with Crippen LogP contribution < -0.4 is 5.32 Å². The van der Waals surface area contributed by atoms with Gasteiger partial charge in [-0.25, -0.2) is 9.78 Å². The van der Waals surface area contributed by atoms with Crippen LogP contribution in [0.5, 0.6) is 0 Å². The first-order valence-electron chi connectivity index (χ1n) is 4.94. The van der Waals surface area contributed by atoms with Crippen molar-refractivity contribution >= 4 is 11.9 Å². The number of amides is 1. The van der Waals surface area contributed by atoms with Crippen LogP contribution in [0.1, 0.15) is 35.0 Å². The first-order valence-corrected chi connectivity index (χ1v) is 4.94. The lowest BCUT2D eigenvalue weighted by atomic mass is 10.2. The molecule has 1 amide bonds. The van der Waals surface area contributed by atoms with Crippen molar-refractivity contribution in [1.82, 2.24) is 10.3 Å². The van der Waals surface area contributed by atoms with E-state index < -0.39 is 17.4 Å². The third-order valence-electron chi connectivity index (χ3n) is 2.62. The summed E-state index contributed by atoms with van der Waals surface area (Å²) in [5.74, 6) is -1.04. The van der Waals surface area contributed by atoms with Gasteiger partial charge in [-0.3, -0.25) is 4.79 Å². The average Bonchev–Trinajstić information content (AvgIpc) is 2.87. The second-order valence-electron chi connectivity index (χ2n) is 3.99. The molecule has 1 aromatic rings. The van der Waals surface area contributed by atoms with Crippen molar-refractivity contribution in [2.75, 3.05) is 0 Å². The van der Waals surface area contributed by atoms with Gasteiger partial charge in [0.05, 0.1) is 5.69 Å². The van der Waals surface area contributed by atoms with Crippen LogP contribution in [0.25, 0.3) is 0 Å². The van der Waals surface area contributed by atoms with Crippen molar-refractivity contribution in [1.29, 1.82) is 0 Å². The van der Waals surface area contributed by atoms with Crippen LogP contribution in [0.3, 0.4) is 0 Å². The zero-order valence-corrected chi connectivity index (χ0v) is 9.03. The molecule has 2 rings (SSSR count). The minimum Gasteiger partial charge on any atom is -0.480 e. The largest absolute Gasteiger partial charge is 0.480 e. The van der Waals surface area contributed by atoms with Gasteiger partial charge in [0.2, 0.25) is 5.76 Å². The lowest BCUT2D eigenvalue weighted by Crippen LogP contribution is -2.43. The molecule has 1 aliphatic carbocycles. The molecule has 0 spiro atoms. The molecular formula is C10H12N2O4. The molecule has 1 fully saturated rings. The maximum absolute atomic E-state index is 11.7. The molecule has 6 heteroatoms. The van der Waals surface area contributed by atoms with Crippen molar-refractivity contribution in [3.8, 4) is 0 Å². The molecule has 86 valence electrons. The van der Waals surface area contributed by atoms with Gasteiger partial charge in [0.1, 0.15) is 5.54 Å². The minimum atomic E-state index is -1.09. The minimum absolute atomic E-state index is 0.0880. The van der Waals surface area contributed by atoms with E-state index in [0.29, 0.717) is 24.4 Å². The molecule has 1 aromatic heterocycles. The fourth-order valence-electron chi connectivity index (χ4n) is 1.53. The predicted octanol–water partition coefficient (Wildman–Crippen LogP) is 0.638. The number of carbonyl (C=O) groups excluding carboxylic acids is 1. The summed E-state index contributed by atoms with van der Waals surface area (Å²) in [6.45, 7) is 3.28. The van der Waals surface area contributed by atoms with Crippen LogP contribution >= 0.6 is 0 Å². The number of carboxylic acid groups (broad SMARTS) is 1. The summed E-state index contributed by atoms with van der Waals surface area (Å²) in [6, 6.07) is 0. The number of aromatic nitrogens is 1. The molecule has 0 bridgehead atoms. The first-order chi connectivity index (χ1) is 7.44. The molecule has 0 atom stereocenters. The fraction of sp³-hybridized carbons (Fsp3) is 0.500. The molecule has 1 aliphatic rings. The van der Waals surface area contributed by atoms with E-state index in [0.717, 1.165) is 0 Å². The van der Waals surface area contributed by atoms with Crippen LogP contribution in [0.2, 0.25) is 0 Å². The fourth-order valence-corrected chi connectivity index (χ4v) is 1.53. The smallest absolute Gasteiger partial charge is 0.329 e. The Labute approximate surface area is 91.7 Å². The summed E-state index contributed by atoms with van der Waals surface area (Å²) in [5.41, 5.74) is -0.624. The average molecular weight is 224 g/mol. The molecule has 1 heterocycles. The van der Waals surface area contributed by atoms with Gasteiger partial charge in [-0.05, 0) is 19.8 Å². The number of carbonyl (C=O) groups is 2. The Morgan fingerprint density at radius 3 is 2.44 bits per heavy atom. The zero-order chi connectivity index (χ0) is 11.9. The van der Waals surface area contributed by atoms with Crippen LogP contribution in [-0.4, -0.2) is 27.5 Å². The van der Waals surface area contributed by atoms with Gasteiger partial charge in [0.15, 0.2) is 5.89 Å². The Hall–Kier alpha value is -1.85. The van der Waals surface area contributed by atoms with E-state index in [-0.39, 0.29) is 5.76 Å². The van der Waals surface area contributed by atoms with Crippen molar-refractivity contribution < 1.29 is 19.1 Å². The molecule has 2 N–H and O–H groups in total. The third-order valence-corrected chi connectivity index (χ3v) is 2.62. The number of hydrogen-bond donors (Lipinski definition) is 2. The molecule has 16 heavy (non-hydrogen) atoms. The highest BCUT2D eigenvalue weighted by atomic mass is 16.4. The standard InChI is InChI=1S/C10H12N2O4/c1-5-7(16-6(2)11-5)8(13)12-10(3-4-10)9(14)15/h3-4H2,1-2H3,(H,12,13)(H,14,15). The quantitative estimate of drug-likeness (QED) is 0.785. The summed E-state index contributed by atoms with van der Waals surface area (Å²) in [5, 5.41) is 11.4. The zero-order valence-electron chi connectivity index (χ0n) is 9.03. The van der Waals surface area contributed by atoms with E-state index in [9.17, 15) is 9.59 Å². The van der Waals surface area contributed by atoms with Crippen molar-refractivity contribution in [2.45, 2.75) is 32.2 Å². The Bertz CT molecular complexity index is 459. The second kappa shape index (κ2) is 3.33. The monoisotopic (exact) mass is 224 g/mol. The molecule has 6 nitrogen and oxygen atoms in total. The highest BCUT2D eigenvalue weighted by Gasteiger charge is 2.52. The SMILES string of the molecule is Cc1nc(C)c(C(=O)NC2(C(=O)O)CC2)o1. The summed E-state index contributed by atoms with van der Waals surface area (Å²) in [4.78, 5) is 26.6. The lowest BCUT2D eigenvalue weighted by molar-refractivity contribution is -0.140. The van der Waals surface area contributed by atoms with Gasteiger partial charge in [0, 0.05) is 6.92 Å². The van der Waals surface area contributed by atoms with Gasteiger partial charge in [0.25, 0.3) is 5.91 Å². The van der Waals surface area contributed by atoms with E-state index in [2.05, 4.69) is 10.3 Å². The van der Waals surface area contributed by atoms with Crippen molar-refractivity contribution in [3.05, 3.63) is 17.3 Å². The van der Waals surface area contributed by atoms with E-state index in [4.69, 9.17) is 9.52 Å². The van der Waals surface area contributed by atoms with Gasteiger partial charge >= 0.3 is 5.97 Å². The number of aryl methyl sites for hydroxylation is 2. The maximum atomic E-state index is 11.7. The topological polar surface area (TPSA) is 92.4 Å². The Kier molecular flexibility index (Phi) is 2.22. The summed E-state index contributed by atoms with van der Waals surface area (Å²) < 4.78 is 5.11. The van der Waals surface area contributed by atoms with Crippen LogP contribution in [-0.2, 0) is 4.79 Å². The molecule has 0 aromatic carbocycles. The molecule has 0 radical (unpaired) electrons. The molecule has 1 saturated carbocycles. The maximum Gasteiger partial charge on any atom is 0.329 e. The first kappa shape index (κ1) is 10.7. The van der Waals surface area contributed by atoms with Crippen LogP contribution in [0, 0.1) is 13.8 Å². The highest BCUT2D eigenvalue weighted by Crippen LogP contribution is 2.35. The lowest BCUT2D eigenvalue weighted by Gasteiger charge is -2.10. The number of hydrogen-bond acceptors (Lipinski definition) is 4. The number of oxazole rings is 1. The van der Waals surface area contributed by atoms with Crippen molar-refractivity contribution in [2.24, 2.45) is 0 Å². The van der Waals surface area contributed by atoms with Gasteiger partial charge in [-0.1, -0.05) is 0 Å². The molecule has 0 aliphatic heterocycles. The predicted molar refractivity (Wildman–Crippen MR) is 53.0 cm³/mol. The van der Waals surface area contributed by atoms with E-state index in [1.807, 2.05) is 0 Å². The normalized spacial score (nSPS) is 16.9. The second-order valence-corrected chi connectivity index (χ2v) is 3.99. The van der Waals surface area contributed by atoms with Crippen LogP contribution in [0.4, 0.5) is 0 Å². The molecule has 0 saturated heterocycles. The number of carboxylic acids is 1. The van der Waals surface area contributed by atoms with Gasteiger partial charge in [-0.2, -0.15) is 0 Å². The number of rotatable bonds is 3. The number of nitrogens with zero attached hydrogens (tertiary/aromatic N) is 1. The van der Waals surface area contributed by atoms with E-state index >= 15 is 0 Å². The number of aliphatic carboxylic acids is 1. The van der Waals surface area contributed by atoms with E-state index in [1.165, 1.54) is 0 Å². The Morgan fingerprint density at radius 2 is 2.06 bits per heavy atom. The Morgan fingerprint density at radius 1 is 1.44 bits per heavy atom.